The van der Waals surface area contributed by atoms with Crippen LogP contribution in [0.2, 0.25) is 0 Å². The Kier molecular flexibility index (Phi) is 10.8. The molecule has 0 aliphatic carbocycles. The van der Waals surface area contributed by atoms with Crippen molar-refractivity contribution in [2.24, 2.45) is 0 Å². The smallest absolute Gasteiger partial charge is 0.323 e. The van der Waals surface area contributed by atoms with Crippen molar-refractivity contribution in [2.75, 3.05) is 36.7 Å². The van der Waals surface area contributed by atoms with E-state index in [0.717, 1.165) is 11.1 Å². The lowest BCUT2D eigenvalue weighted by Crippen LogP contribution is -2.28. The number of para-hydroxylation sites is 1. The zero-order chi connectivity index (χ0) is 29.1. The normalized spacial score (nSPS) is 11.2. The van der Waals surface area contributed by atoms with E-state index < -0.39 is 18.0 Å². The van der Waals surface area contributed by atoms with E-state index >= 15 is 0 Å². The maximum absolute atomic E-state index is 12.7. The van der Waals surface area contributed by atoms with E-state index in [9.17, 15) is 19.2 Å². The number of aryl methyl sites for hydroxylation is 1. The largest absolute Gasteiger partial charge is 0.495 e. The predicted octanol–water partition coefficient (Wildman–Crippen LogP) is 4.61. The summed E-state index contributed by atoms with van der Waals surface area (Å²) in [5.41, 5.74) is 4.16. The summed E-state index contributed by atoms with van der Waals surface area (Å²) in [6.45, 7) is 3.49. The van der Waals surface area contributed by atoms with Gasteiger partial charge in [-0.15, -0.1) is 0 Å². The molecule has 0 fully saturated rings. The van der Waals surface area contributed by atoms with Crippen molar-refractivity contribution in [3.63, 3.8) is 0 Å². The molecule has 4 N–H and O–H groups in total. The molecule has 0 bridgehead atoms. The van der Waals surface area contributed by atoms with Crippen LogP contribution in [0.5, 0.6) is 5.75 Å². The van der Waals surface area contributed by atoms with Crippen LogP contribution in [0.4, 0.5) is 21.9 Å². The fourth-order valence-electron chi connectivity index (χ4n) is 3.95. The van der Waals surface area contributed by atoms with E-state index in [4.69, 9.17) is 9.47 Å². The quantitative estimate of drug-likeness (QED) is 0.244. The average molecular weight is 547 g/mol. The number of hydrogen-bond donors (Lipinski definition) is 4. The molecular formula is C30H34N4O6. The molecule has 0 aliphatic heterocycles. The summed E-state index contributed by atoms with van der Waals surface area (Å²) in [7, 11) is 2.80. The summed E-state index contributed by atoms with van der Waals surface area (Å²) in [6, 6.07) is 18.8. The topological polar surface area (TPSA) is 135 Å². The molecule has 3 amide bonds. The number of benzene rings is 3. The average Bonchev–Trinajstić information content (AvgIpc) is 2.93. The maximum atomic E-state index is 12.7. The molecular weight excluding hydrogens is 512 g/mol. The molecule has 0 spiro atoms. The standard InChI is InChI=1S/C30H34N4O6/c1-19-7-5-6-8-24(19)33-30(38)34-25-14-9-21(15-27(25)39-3)16-28(36)32-23-12-10-22(11-13-23)26(17-29(37)40-4)31-18-20(2)35/h5-15,26,31H,16-18H2,1-4H3,(H,32,36)(H2,33,34,38)/t26-/m1/s1. The fraction of sp³-hybridized carbons (Fsp3) is 0.267. The summed E-state index contributed by atoms with van der Waals surface area (Å²) in [6.07, 6.45) is 0.147. The van der Waals surface area contributed by atoms with E-state index in [1.54, 1.807) is 42.5 Å². The van der Waals surface area contributed by atoms with Crippen molar-refractivity contribution < 1.29 is 28.7 Å². The number of Topliss-reactive ketones (excluding diaryl/α,β-unsaturated/α-hetero) is 1. The number of amides is 3. The zero-order valence-corrected chi connectivity index (χ0v) is 23.0. The van der Waals surface area contributed by atoms with Gasteiger partial charge in [0.2, 0.25) is 5.91 Å². The summed E-state index contributed by atoms with van der Waals surface area (Å²) in [5, 5.41) is 11.5. The van der Waals surface area contributed by atoms with Crippen molar-refractivity contribution in [3.05, 3.63) is 83.4 Å². The predicted molar refractivity (Wildman–Crippen MR) is 154 cm³/mol. The molecule has 40 heavy (non-hydrogen) atoms. The third-order valence-corrected chi connectivity index (χ3v) is 6.06. The van der Waals surface area contributed by atoms with E-state index in [1.165, 1.54) is 21.1 Å². The van der Waals surface area contributed by atoms with Crippen LogP contribution < -0.4 is 26.0 Å². The molecule has 3 rings (SSSR count). The Labute approximate surface area is 233 Å². The van der Waals surface area contributed by atoms with Gasteiger partial charge >= 0.3 is 12.0 Å². The van der Waals surface area contributed by atoms with E-state index in [-0.39, 0.29) is 31.1 Å². The molecule has 3 aromatic rings. The molecule has 0 saturated carbocycles. The van der Waals surface area contributed by atoms with Crippen molar-refractivity contribution in [3.8, 4) is 5.75 Å². The highest BCUT2D eigenvalue weighted by Crippen LogP contribution is 2.27. The first-order valence-corrected chi connectivity index (χ1v) is 12.7. The molecule has 210 valence electrons. The molecule has 10 heteroatoms. The highest BCUT2D eigenvalue weighted by atomic mass is 16.5. The van der Waals surface area contributed by atoms with Crippen molar-refractivity contribution in [1.82, 2.24) is 5.32 Å². The van der Waals surface area contributed by atoms with Crippen LogP contribution in [0, 0.1) is 6.92 Å². The van der Waals surface area contributed by atoms with Crippen molar-refractivity contribution in [2.45, 2.75) is 32.7 Å². The minimum absolute atomic E-state index is 0.0512. The van der Waals surface area contributed by atoms with E-state index in [2.05, 4.69) is 21.3 Å². The molecule has 0 radical (unpaired) electrons. The van der Waals surface area contributed by atoms with E-state index in [1.807, 2.05) is 31.2 Å². The third-order valence-electron chi connectivity index (χ3n) is 6.06. The van der Waals surface area contributed by atoms with Crippen molar-refractivity contribution in [1.29, 1.82) is 0 Å². The zero-order valence-electron chi connectivity index (χ0n) is 23.0. The van der Waals surface area contributed by atoms with Gasteiger partial charge in [0.25, 0.3) is 0 Å². The Morgan fingerprint density at radius 3 is 2.20 bits per heavy atom. The number of rotatable bonds is 12. The lowest BCUT2D eigenvalue weighted by Gasteiger charge is -2.18. The van der Waals surface area contributed by atoms with Crippen LogP contribution in [-0.4, -0.2) is 44.5 Å². The van der Waals surface area contributed by atoms with Gasteiger partial charge in [-0.25, -0.2) is 4.79 Å². The van der Waals surface area contributed by atoms with Crippen LogP contribution in [0.15, 0.2) is 66.7 Å². The van der Waals surface area contributed by atoms with Gasteiger partial charge in [0.1, 0.15) is 11.5 Å². The maximum Gasteiger partial charge on any atom is 0.323 e. The number of methoxy groups -OCH3 is 2. The van der Waals surface area contributed by atoms with Crippen LogP contribution >= 0.6 is 0 Å². The Morgan fingerprint density at radius 1 is 0.850 bits per heavy atom. The summed E-state index contributed by atoms with van der Waals surface area (Å²) < 4.78 is 10.2. The molecule has 10 nitrogen and oxygen atoms in total. The number of anilines is 3. The van der Waals surface area contributed by atoms with Gasteiger partial charge in [-0.1, -0.05) is 36.4 Å². The number of urea groups is 1. The van der Waals surface area contributed by atoms with Gasteiger partial charge in [-0.2, -0.15) is 0 Å². The molecule has 0 saturated heterocycles. The molecule has 1 atom stereocenters. The Balaban J connectivity index is 1.60. The van der Waals surface area contributed by atoms with Gasteiger partial charge in [0.15, 0.2) is 0 Å². The van der Waals surface area contributed by atoms with Gasteiger partial charge in [-0.05, 0) is 60.9 Å². The first-order valence-electron chi connectivity index (χ1n) is 12.7. The van der Waals surface area contributed by atoms with E-state index in [0.29, 0.717) is 28.4 Å². The number of carbonyl (C=O) groups is 4. The summed E-state index contributed by atoms with van der Waals surface area (Å²) in [5.74, 6) is -0.273. The number of carbonyl (C=O) groups excluding carboxylic acids is 4. The second-order valence-electron chi connectivity index (χ2n) is 9.19. The van der Waals surface area contributed by atoms with Gasteiger partial charge in [0, 0.05) is 17.4 Å². The SMILES string of the molecule is COC(=O)C[C@@H](NCC(C)=O)c1ccc(NC(=O)Cc2ccc(NC(=O)Nc3ccccc3C)c(OC)c2)cc1. The van der Waals surface area contributed by atoms with Gasteiger partial charge < -0.3 is 30.7 Å². The lowest BCUT2D eigenvalue weighted by atomic mass is 10.0. The summed E-state index contributed by atoms with van der Waals surface area (Å²) in [4.78, 5) is 48.4. The molecule has 0 heterocycles. The van der Waals surface area contributed by atoms with Crippen molar-refractivity contribution >= 4 is 40.8 Å². The molecule has 0 aliphatic rings. The van der Waals surface area contributed by atoms with Crippen LogP contribution in [-0.2, 0) is 25.5 Å². The second-order valence-corrected chi connectivity index (χ2v) is 9.19. The van der Waals surface area contributed by atoms with Crippen LogP contribution in [0.1, 0.15) is 36.1 Å². The number of ether oxygens (including phenoxy) is 2. The van der Waals surface area contributed by atoms with Gasteiger partial charge in [0.05, 0.1) is 39.3 Å². The second kappa shape index (κ2) is 14.5. The third kappa shape index (κ3) is 8.95. The Morgan fingerprint density at radius 2 is 1.55 bits per heavy atom. The monoisotopic (exact) mass is 546 g/mol. The van der Waals surface area contributed by atoms with Gasteiger partial charge in [-0.3, -0.25) is 14.4 Å². The first kappa shape index (κ1) is 29.9. The Bertz CT molecular complexity index is 1360. The molecule has 0 unspecified atom stereocenters. The Hall–Kier alpha value is -4.70. The lowest BCUT2D eigenvalue weighted by molar-refractivity contribution is -0.141. The molecule has 3 aromatic carbocycles. The highest BCUT2D eigenvalue weighted by Gasteiger charge is 2.17. The van der Waals surface area contributed by atoms with Crippen LogP contribution in [0.3, 0.4) is 0 Å². The number of nitrogens with one attached hydrogen (secondary N) is 4. The van der Waals surface area contributed by atoms with Crippen LogP contribution in [0.25, 0.3) is 0 Å². The number of ketones is 1. The minimum Gasteiger partial charge on any atom is -0.495 e. The minimum atomic E-state index is -0.410. The number of esters is 1. The fourth-order valence-corrected chi connectivity index (χ4v) is 3.95. The number of hydrogen-bond acceptors (Lipinski definition) is 7. The first-order chi connectivity index (χ1) is 19.2. The molecule has 0 aromatic heterocycles. The highest BCUT2D eigenvalue weighted by molar-refractivity contribution is 6.01. The summed E-state index contributed by atoms with van der Waals surface area (Å²) >= 11 is 0.